The Labute approximate surface area is 237 Å². The molecule has 10 nitrogen and oxygen atoms in total. The molecule has 2 aliphatic heterocycles. The number of nitrogens with one attached hydrogen (secondary N) is 1. The number of aromatic nitrogens is 1. The van der Waals surface area contributed by atoms with Crippen LogP contribution in [0.3, 0.4) is 0 Å². The van der Waals surface area contributed by atoms with Crippen LogP contribution >= 0.6 is 11.6 Å². The molecule has 1 N–H and O–H groups in total. The van der Waals surface area contributed by atoms with Crippen LogP contribution in [0.1, 0.15) is 47.5 Å². The van der Waals surface area contributed by atoms with Gasteiger partial charge in [-0.05, 0) is 19.1 Å². The van der Waals surface area contributed by atoms with Crippen molar-refractivity contribution >= 4 is 52.0 Å². The fourth-order valence-electron chi connectivity index (χ4n) is 5.00. The normalized spacial score (nSPS) is 19.3. The molecule has 0 radical (unpaired) electrons. The molecule has 2 aliphatic rings. The zero-order valence-corrected chi connectivity index (χ0v) is 22.5. The maximum atomic E-state index is 14.5. The van der Waals surface area contributed by atoms with Crippen LogP contribution in [0.25, 0.3) is 10.9 Å². The van der Waals surface area contributed by atoms with Crippen molar-refractivity contribution in [2.45, 2.75) is 51.4 Å². The zero-order valence-electron chi connectivity index (χ0n) is 21.7. The van der Waals surface area contributed by atoms with Crippen molar-refractivity contribution in [1.29, 1.82) is 0 Å². The molecule has 41 heavy (non-hydrogen) atoms. The number of hydrogen-bond donors (Lipinski definition) is 1. The number of alkyl halides is 1. The molecule has 2 amide bonds. The molecule has 0 unspecified atom stereocenters. The van der Waals surface area contributed by atoms with Crippen LogP contribution in [0, 0.1) is 5.82 Å². The Bertz CT molecular complexity index is 1570. The molecule has 5 rings (SSSR count). The van der Waals surface area contributed by atoms with E-state index in [9.17, 15) is 32.8 Å². The smallest absolute Gasteiger partial charge is 0.320 e. The van der Waals surface area contributed by atoms with Crippen molar-refractivity contribution in [3.8, 4) is 0 Å². The summed E-state index contributed by atoms with van der Waals surface area (Å²) < 4.78 is 40.4. The summed E-state index contributed by atoms with van der Waals surface area (Å²) in [4.78, 5) is 63.2. The molecular weight excluding hydrogens is 564 g/mol. The molecule has 0 saturated carbocycles. The molecule has 214 valence electrons. The molecule has 3 heterocycles. The summed E-state index contributed by atoms with van der Waals surface area (Å²) in [6, 6.07) is 7.85. The lowest BCUT2D eigenvalue weighted by Gasteiger charge is -2.24. The first-order valence-corrected chi connectivity index (χ1v) is 13.1. The maximum absolute atomic E-state index is 14.5. The van der Waals surface area contributed by atoms with Crippen molar-refractivity contribution in [2.24, 2.45) is 0 Å². The number of hydrogen-bond acceptors (Lipinski definition) is 7. The highest BCUT2D eigenvalue weighted by molar-refractivity contribution is 6.30. The number of carbonyl (C=O) groups is 5. The van der Waals surface area contributed by atoms with Gasteiger partial charge in [0, 0.05) is 46.8 Å². The summed E-state index contributed by atoms with van der Waals surface area (Å²) in [6.45, 7) is 0.484. The van der Waals surface area contributed by atoms with Crippen molar-refractivity contribution in [1.82, 2.24) is 14.8 Å². The molecule has 1 aromatic heterocycles. The predicted molar refractivity (Wildman–Crippen MR) is 140 cm³/mol. The Morgan fingerprint density at radius 2 is 1.85 bits per heavy atom. The Hall–Kier alpha value is -4.32. The third-order valence-electron chi connectivity index (χ3n) is 6.99. The van der Waals surface area contributed by atoms with Gasteiger partial charge < -0.3 is 24.3 Å². The standard InChI is InChI=1S/C28H24ClF2N3O7/c1-14(35)19-12-33(21-7-15(5-6-18(19)21)28-40-24(37)9-25(38)41-28)13-23(36)34-11-17(30)8-22(34)27(39)32-10-16-3-2-4-20(29)26(16)31/h2-7,12,17,22,28H,8-11,13H2,1H3,(H,32,39)/t17-,22+/m1/s1. The lowest BCUT2D eigenvalue weighted by Crippen LogP contribution is -2.46. The van der Waals surface area contributed by atoms with Crippen LogP contribution in [0.2, 0.25) is 5.02 Å². The monoisotopic (exact) mass is 587 g/mol. The van der Waals surface area contributed by atoms with Crippen LogP contribution in [-0.4, -0.2) is 57.8 Å². The van der Waals surface area contributed by atoms with E-state index >= 15 is 0 Å². The largest absolute Gasteiger partial charge is 0.420 e. The van der Waals surface area contributed by atoms with Crippen LogP contribution < -0.4 is 5.32 Å². The van der Waals surface area contributed by atoms with E-state index in [0.29, 0.717) is 22.0 Å². The van der Waals surface area contributed by atoms with E-state index in [-0.39, 0.29) is 42.4 Å². The van der Waals surface area contributed by atoms with Gasteiger partial charge in [0.1, 0.15) is 31.0 Å². The summed E-state index contributed by atoms with van der Waals surface area (Å²) in [7, 11) is 0. The van der Waals surface area contributed by atoms with Gasteiger partial charge in [-0.3, -0.25) is 24.0 Å². The molecule has 3 aromatic rings. The number of amides is 2. The second-order valence-electron chi connectivity index (χ2n) is 9.82. The number of esters is 2. The van der Waals surface area contributed by atoms with E-state index in [0.717, 1.165) is 4.90 Å². The highest BCUT2D eigenvalue weighted by atomic mass is 35.5. The Kier molecular flexibility index (Phi) is 7.76. The van der Waals surface area contributed by atoms with Gasteiger partial charge in [-0.25, -0.2) is 8.78 Å². The highest BCUT2D eigenvalue weighted by Gasteiger charge is 2.40. The molecule has 0 aliphatic carbocycles. The van der Waals surface area contributed by atoms with Crippen LogP contribution in [0.4, 0.5) is 8.78 Å². The van der Waals surface area contributed by atoms with E-state index in [1.54, 1.807) is 6.07 Å². The van der Waals surface area contributed by atoms with E-state index in [2.05, 4.69) is 5.32 Å². The quantitative estimate of drug-likeness (QED) is 0.255. The van der Waals surface area contributed by atoms with Gasteiger partial charge in [-0.15, -0.1) is 0 Å². The van der Waals surface area contributed by atoms with Gasteiger partial charge >= 0.3 is 11.9 Å². The average molecular weight is 588 g/mol. The minimum absolute atomic E-state index is 0.106. The van der Waals surface area contributed by atoms with Crippen LogP contribution in [0.5, 0.6) is 0 Å². The number of ketones is 1. The van der Waals surface area contributed by atoms with Crippen molar-refractivity contribution < 1.29 is 42.2 Å². The van der Waals surface area contributed by atoms with Gasteiger partial charge in [0.05, 0.1) is 11.6 Å². The number of benzene rings is 2. The summed E-state index contributed by atoms with van der Waals surface area (Å²) in [5, 5.41) is 2.93. The van der Waals surface area contributed by atoms with Crippen molar-refractivity contribution in [3.05, 3.63) is 70.1 Å². The lowest BCUT2D eigenvalue weighted by atomic mass is 10.1. The van der Waals surface area contributed by atoms with Gasteiger partial charge in [0.15, 0.2) is 5.78 Å². The topological polar surface area (TPSA) is 124 Å². The highest BCUT2D eigenvalue weighted by Crippen LogP contribution is 2.30. The average Bonchev–Trinajstić information content (AvgIpc) is 3.49. The molecule has 0 bridgehead atoms. The maximum Gasteiger partial charge on any atom is 0.320 e. The second kappa shape index (κ2) is 11.3. The molecule has 13 heteroatoms. The zero-order chi connectivity index (χ0) is 29.4. The van der Waals surface area contributed by atoms with Crippen LogP contribution in [0.15, 0.2) is 42.6 Å². The Balaban J connectivity index is 1.37. The molecule has 2 aromatic carbocycles. The SMILES string of the molecule is CC(=O)c1cn(CC(=O)N2C[C@H](F)C[C@H]2C(=O)NCc2cccc(Cl)c2F)c2cc(C3OC(=O)CC(=O)O3)ccc12. The number of nitrogens with zero attached hydrogens (tertiary/aromatic N) is 2. The number of carbonyl (C=O) groups excluding carboxylic acids is 5. The van der Waals surface area contributed by atoms with E-state index in [1.165, 1.54) is 48.0 Å². The van der Waals surface area contributed by atoms with Gasteiger partial charge in [0.2, 0.25) is 11.8 Å². The van der Waals surface area contributed by atoms with Gasteiger partial charge in [-0.2, -0.15) is 0 Å². The number of likely N-dealkylation sites (tertiary alicyclic amines) is 1. The van der Waals surface area contributed by atoms with Crippen molar-refractivity contribution in [2.75, 3.05) is 6.54 Å². The fraction of sp³-hybridized carbons (Fsp3) is 0.321. The first-order chi connectivity index (χ1) is 19.5. The molecule has 2 saturated heterocycles. The second-order valence-corrected chi connectivity index (χ2v) is 10.2. The third-order valence-corrected chi connectivity index (χ3v) is 7.28. The number of rotatable bonds is 7. The first-order valence-electron chi connectivity index (χ1n) is 12.7. The summed E-state index contributed by atoms with van der Waals surface area (Å²) in [5.41, 5.74) is 1.14. The summed E-state index contributed by atoms with van der Waals surface area (Å²) in [6.07, 6.45) is -2.02. The van der Waals surface area contributed by atoms with Crippen LogP contribution in [-0.2, 0) is 41.7 Å². The molecule has 0 spiro atoms. The summed E-state index contributed by atoms with van der Waals surface area (Å²) in [5.74, 6) is -3.71. The van der Waals surface area contributed by atoms with Gasteiger partial charge in [0.25, 0.3) is 6.29 Å². The minimum atomic E-state index is -1.45. The minimum Gasteiger partial charge on any atom is -0.420 e. The number of cyclic esters (lactones) is 2. The number of fused-ring (bicyclic) bond motifs is 1. The number of halogens is 3. The predicted octanol–water partition coefficient (Wildman–Crippen LogP) is 3.38. The Morgan fingerprint density at radius 3 is 2.56 bits per heavy atom. The summed E-state index contributed by atoms with van der Waals surface area (Å²) >= 11 is 5.79. The third kappa shape index (κ3) is 5.78. The first kappa shape index (κ1) is 28.2. The van der Waals surface area contributed by atoms with Crippen molar-refractivity contribution in [3.63, 3.8) is 0 Å². The molecule has 2 atom stereocenters. The Morgan fingerprint density at radius 1 is 1.12 bits per heavy atom. The van der Waals surface area contributed by atoms with E-state index < -0.39 is 54.5 Å². The molecular formula is C28H24ClF2N3O7. The number of ether oxygens (including phenoxy) is 2. The lowest BCUT2D eigenvalue weighted by molar-refractivity contribution is -0.204. The number of Topliss-reactive ketones (excluding diaryl/α,β-unsaturated/α-hetero) is 1. The van der Waals surface area contributed by atoms with E-state index in [1.807, 2.05) is 0 Å². The van der Waals surface area contributed by atoms with E-state index in [4.69, 9.17) is 21.1 Å². The van der Waals surface area contributed by atoms with Gasteiger partial charge in [-0.1, -0.05) is 35.9 Å². The molecule has 2 fully saturated rings. The fourth-order valence-corrected chi connectivity index (χ4v) is 5.19.